The molecule has 0 amide bonds. The molecule has 2 heterocycles. The molecule has 0 radical (unpaired) electrons. The highest BCUT2D eigenvalue weighted by Crippen LogP contribution is 2.27. The van der Waals surface area contributed by atoms with Crippen LogP contribution in [0.1, 0.15) is 12.6 Å². The molecule has 0 aliphatic heterocycles. The largest absolute Gasteiger partial charge is 0.480 e. The lowest BCUT2D eigenvalue weighted by Gasteiger charge is -2.15. The highest BCUT2D eigenvalue weighted by atomic mass is 16.5. The fraction of sp³-hybridized carbons (Fsp3) is 0.136. The quantitative estimate of drug-likeness (QED) is 0.553. The molecule has 134 valence electrons. The van der Waals surface area contributed by atoms with Crippen LogP contribution in [-0.4, -0.2) is 21.6 Å². The van der Waals surface area contributed by atoms with Gasteiger partial charge in [0.2, 0.25) is 5.88 Å². The van der Waals surface area contributed by atoms with E-state index in [0.717, 1.165) is 28.8 Å². The van der Waals surface area contributed by atoms with Gasteiger partial charge in [0.1, 0.15) is 0 Å². The van der Waals surface area contributed by atoms with E-state index >= 15 is 0 Å². The summed E-state index contributed by atoms with van der Waals surface area (Å²) in [5, 5.41) is 1.52. The van der Waals surface area contributed by atoms with Gasteiger partial charge in [-0.05, 0) is 30.0 Å². The maximum Gasteiger partial charge on any atom is 0.263 e. The summed E-state index contributed by atoms with van der Waals surface area (Å²) in [6.07, 6.45) is 3.95. The molecular weight excluding hydrogens is 338 g/mol. The van der Waals surface area contributed by atoms with E-state index in [0.29, 0.717) is 17.0 Å². The van der Waals surface area contributed by atoms with Gasteiger partial charge in [-0.2, -0.15) is 0 Å². The lowest BCUT2D eigenvalue weighted by atomic mass is 10.0. The maximum atomic E-state index is 13.5. The minimum Gasteiger partial charge on any atom is -0.480 e. The summed E-state index contributed by atoms with van der Waals surface area (Å²) < 4.78 is 6.97. The first kappa shape index (κ1) is 17.0. The van der Waals surface area contributed by atoms with Crippen LogP contribution in [0.5, 0.6) is 5.88 Å². The minimum atomic E-state index is -0.0595. The van der Waals surface area contributed by atoms with Gasteiger partial charge in [-0.1, -0.05) is 43.3 Å². The van der Waals surface area contributed by atoms with Crippen molar-refractivity contribution in [3.8, 4) is 22.8 Å². The van der Waals surface area contributed by atoms with Gasteiger partial charge >= 0.3 is 0 Å². The number of hydrogen-bond donors (Lipinski definition) is 0. The van der Waals surface area contributed by atoms with Crippen molar-refractivity contribution in [1.82, 2.24) is 14.5 Å². The number of aryl methyl sites for hydroxylation is 1. The zero-order chi connectivity index (χ0) is 18.8. The highest BCUT2D eigenvalue weighted by Gasteiger charge is 2.15. The summed E-state index contributed by atoms with van der Waals surface area (Å²) in [6.45, 7) is 2.05. The molecule has 0 aliphatic rings. The second-order valence-electron chi connectivity index (χ2n) is 6.18. The molecule has 0 atom stereocenters. The summed E-state index contributed by atoms with van der Waals surface area (Å²) in [4.78, 5) is 22.2. The number of hydrogen-bond acceptors (Lipinski definition) is 4. The highest BCUT2D eigenvalue weighted by molar-refractivity contribution is 5.95. The van der Waals surface area contributed by atoms with Gasteiger partial charge in [-0.25, -0.2) is 4.98 Å². The molecule has 0 saturated carbocycles. The van der Waals surface area contributed by atoms with Crippen molar-refractivity contribution in [2.75, 3.05) is 7.11 Å². The second kappa shape index (κ2) is 7.03. The molecule has 2 aromatic carbocycles. The molecule has 5 heteroatoms. The molecule has 5 nitrogen and oxygen atoms in total. The van der Waals surface area contributed by atoms with E-state index in [4.69, 9.17) is 4.74 Å². The van der Waals surface area contributed by atoms with Crippen molar-refractivity contribution >= 4 is 10.8 Å². The lowest BCUT2D eigenvalue weighted by molar-refractivity contribution is 0.396. The third kappa shape index (κ3) is 2.97. The van der Waals surface area contributed by atoms with E-state index < -0.39 is 0 Å². The van der Waals surface area contributed by atoms with Gasteiger partial charge in [-0.3, -0.25) is 14.3 Å². The zero-order valence-corrected chi connectivity index (χ0v) is 15.2. The molecule has 0 bridgehead atoms. The Bertz CT molecular complexity index is 1170. The van der Waals surface area contributed by atoms with Gasteiger partial charge < -0.3 is 4.74 Å². The second-order valence-corrected chi connectivity index (χ2v) is 6.18. The van der Waals surface area contributed by atoms with Crippen molar-refractivity contribution in [2.24, 2.45) is 0 Å². The van der Waals surface area contributed by atoms with Crippen molar-refractivity contribution in [3.05, 3.63) is 83.0 Å². The van der Waals surface area contributed by atoms with Crippen LogP contribution in [0.3, 0.4) is 0 Å². The molecule has 4 rings (SSSR count). The number of fused-ring (bicyclic) bond motifs is 1. The zero-order valence-electron chi connectivity index (χ0n) is 15.2. The van der Waals surface area contributed by atoms with Crippen LogP contribution in [0, 0.1) is 0 Å². The van der Waals surface area contributed by atoms with Crippen molar-refractivity contribution in [2.45, 2.75) is 13.3 Å². The number of pyridine rings is 1. The Morgan fingerprint density at radius 1 is 1.04 bits per heavy atom. The first-order valence-electron chi connectivity index (χ1n) is 8.82. The topological polar surface area (TPSA) is 57.0 Å². The fourth-order valence-electron chi connectivity index (χ4n) is 3.33. The molecule has 4 aromatic rings. The van der Waals surface area contributed by atoms with Crippen molar-refractivity contribution < 1.29 is 4.74 Å². The van der Waals surface area contributed by atoms with Crippen LogP contribution in [0.2, 0.25) is 0 Å². The van der Waals surface area contributed by atoms with E-state index in [1.807, 2.05) is 48.5 Å². The predicted molar refractivity (Wildman–Crippen MR) is 107 cm³/mol. The summed E-state index contributed by atoms with van der Waals surface area (Å²) >= 11 is 0. The van der Waals surface area contributed by atoms with Crippen molar-refractivity contribution in [1.29, 1.82) is 0 Å². The molecule has 2 aromatic heterocycles. The summed E-state index contributed by atoms with van der Waals surface area (Å²) in [5.41, 5.74) is 3.12. The molecule has 0 N–H and O–H groups in total. The molecule has 0 spiro atoms. The SMILES string of the molecule is CCc1cc2cccc(-c3cncc(OC)n3)c2c(=O)n1-c1ccccc1. The average Bonchev–Trinajstić information content (AvgIpc) is 2.73. The van der Waals surface area contributed by atoms with E-state index in [1.165, 1.54) is 0 Å². The molecule has 0 unspecified atom stereocenters. The molecular formula is C22H19N3O2. The Kier molecular flexibility index (Phi) is 4.42. The normalized spacial score (nSPS) is 10.9. The Morgan fingerprint density at radius 3 is 2.59 bits per heavy atom. The lowest BCUT2D eigenvalue weighted by Crippen LogP contribution is -2.22. The monoisotopic (exact) mass is 357 g/mol. The number of methoxy groups -OCH3 is 1. The Balaban J connectivity index is 2.07. The van der Waals surface area contributed by atoms with Crippen LogP contribution in [0.25, 0.3) is 27.7 Å². The summed E-state index contributed by atoms with van der Waals surface area (Å²) in [5.74, 6) is 0.415. The fourth-order valence-corrected chi connectivity index (χ4v) is 3.33. The van der Waals surface area contributed by atoms with E-state index in [-0.39, 0.29) is 5.56 Å². The van der Waals surface area contributed by atoms with Gasteiger partial charge in [0.25, 0.3) is 5.56 Å². The van der Waals surface area contributed by atoms with Gasteiger partial charge in [0.05, 0.1) is 30.6 Å². The van der Waals surface area contributed by atoms with Gasteiger partial charge in [-0.15, -0.1) is 0 Å². The molecule has 0 fully saturated rings. The molecule has 0 aliphatic carbocycles. The smallest absolute Gasteiger partial charge is 0.263 e. The standard InChI is InChI=1S/C22H19N3O2/c1-3-16-12-15-8-7-11-18(19-13-23-14-20(24-19)27-2)21(15)22(26)25(16)17-9-5-4-6-10-17/h4-14H,3H2,1-2H3. The number of para-hydroxylation sites is 1. The van der Waals surface area contributed by atoms with Gasteiger partial charge in [0.15, 0.2) is 0 Å². The van der Waals surface area contributed by atoms with E-state index in [1.54, 1.807) is 24.1 Å². The minimum absolute atomic E-state index is 0.0595. The van der Waals surface area contributed by atoms with E-state index in [2.05, 4.69) is 23.0 Å². The first-order chi connectivity index (χ1) is 13.2. The number of rotatable bonds is 4. The first-order valence-corrected chi connectivity index (χ1v) is 8.82. The Labute approximate surface area is 156 Å². The van der Waals surface area contributed by atoms with Crippen molar-refractivity contribution in [3.63, 3.8) is 0 Å². The van der Waals surface area contributed by atoms with Crippen LogP contribution in [0.15, 0.2) is 71.8 Å². The number of ether oxygens (including phenoxy) is 1. The van der Waals surface area contributed by atoms with Crippen LogP contribution < -0.4 is 10.3 Å². The average molecular weight is 357 g/mol. The number of nitrogens with zero attached hydrogens (tertiary/aromatic N) is 3. The molecule has 27 heavy (non-hydrogen) atoms. The summed E-state index contributed by atoms with van der Waals surface area (Å²) in [7, 11) is 1.55. The third-order valence-electron chi connectivity index (χ3n) is 4.60. The van der Waals surface area contributed by atoms with Crippen LogP contribution in [-0.2, 0) is 6.42 Å². The predicted octanol–water partition coefficient (Wildman–Crippen LogP) is 4.02. The van der Waals surface area contributed by atoms with Gasteiger partial charge in [0, 0.05) is 16.9 Å². The summed E-state index contributed by atoms with van der Waals surface area (Å²) in [6, 6.07) is 17.6. The number of aromatic nitrogens is 3. The molecule has 0 saturated heterocycles. The number of benzene rings is 2. The Hall–Kier alpha value is -3.47. The maximum absolute atomic E-state index is 13.5. The Morgan fingerprint density at radius 2 is 1.85 bits per heavy atom. The third-order valence-corrected chi connectivity index (χ3v) is 4.60. The van der Waals surface area contributed by atoms with E-state index in [9.17, 15) is 4.79 Å². The van der Waals surface area contributed by atoms with Crippen LogP contribution >= 0.6 is 0 Å². The van der Waals surface area contributed by atoms with Crippen LogP contribution in [0.4, 0.5) is 0 Å².